The summed E-state index contributed by atoms with van der Waals surface area (Å²) in [4.78, 5) is 60.4. The molecule has 3 aliphatic rings. The molecule has 1 N–H and O–H groups in total. The lowest BCUT2D eigenvalue weighted by Gasteiger charge is -2.37. The largest absolute Gasteiger partial charge is 0.455 e. The number of nitrogens with zero attached hydrogens (tertiary/aromatic N) is 3. The maximum absolute atomic E-state index is 14.5. The summed E-state index contributed by atoms with van der Waals surface area (Å²) in [5.74, 6) is -3.53. The lowest BCUT2D eigenvalue weighted by molar-refractivity contribution is -0.164. The molecular formula is C37H44BrN3O7. The number of esters is 1. The highest BCUT2D eigenvalue weighted by molar-refractivity contribution is 9.09. The zero-order chi connectivity index (χ0) is 34.6. The Morgan fingerprint density at radius 3 is 2.42 bits per heavy atom. The smallest absolute Gasteiger partial charge is 0.313 e. The number of aliphatic hydroxyl groups excluding tert-OH is 1. The minimum Gasteiger partial charge on any atom is -0.455 e. The Balaban J connectivity index is 1.47. The van der Waals surface area contributed by atoms with E-state index in [1.54, 1.807) is 29.0 Å². The molecule has 3 saturated heterocycles. The molecule has 48 heavy (non-hydrogen) atoms. The molecule has 0 saturated carbocycles. The number of carbonyl (C=O) groups is 4. The van der Waals surface area contributed by atoms with Gasteiger partial charge in [0.2, 0.25) is 17.7 Å². The van der Waals surface area contributed by atoms with E-state index in [1.165, 1.54) is 4.90 Å². The number of β-amino-alcohol motifs (C(OH)–C–C–N with tert-alkyl or cyclic N) is 1. The van der Waals surface area contributed by atoms with Crippen LogP contribution in [0.3, 0.4) is 0 Å². The van der Waals surface area contributed by atoms with E-state index in [0.29, 0.717) is 18.4 Å². The summed E-state index contributed by atoms with van der Waals surface area (Å²) >= 11 is 3.70. The lowest BCUT2D eigenvalue weighted by Crippen LogP contribution is -2.56. The molecule has 0 aromatic heterocycles. The molecular weight excluding hydrogens is 678 g/mol. The van der Waals surface area contributed by atoms with Crippen LogP contribution in [0.5, 0.6) is 0 Å². The zero-order valence-electron chi connectivity index (χ0n) is 27.4. The predicted octanol–water partition coefficient (Wildman–Crippen LogP) is 4.04. The normalized spacial score (nSPS) is 26.8. The highest BCUT2D eigenvalue weighted by Gasteiger charge is 2.77. The van der Waals surface area contributed by atoms with Gasteiger partial charge in [-0.15, -0.1) is 13.2 Å². The lowest BCUT2D eigenvalue weighted by atomic mass is 9.70. The molecule has 8 atom stereocenters. The fourth-order valence-corrected chi connectivity index (χ4v) is 8.46. The maximum atomic E-state index is 14.5. The van der Waals surface area contributed by atoms with Crippen LogP contribution in [0.15, 0.2) is 86.0 Å². The monoisotopic (exact) mass is 721 g/mol. The number of rotatable bonds is 15. The Morgan fingerprint density at radius 2 is 1.79 bits per heavy atom. The number of carbonyl (C=O) groups excluding carboxylic acids is 4. The van der Waals surface area contributed by atoms with E-state index >= 15 is 0 Å². The van der Waals surface area contributed by atoms with Gasteiger partial charge in [-0.3, -0.25) is 19.2 Å². The van der Waals surface area contributed by atoms with Crippen LogP contribution in [0.1, 0.15) is 43.4 Å². The van der Waals surface area contributed by atoms with Crippen molar-refractivity contribution in [3.05, 3.63) is 97.1 Å². The fraction of sp³-hybridized carbons (Fsp3) is 0.459. The topological polar surface area (TPSA) is 117 Å². The van der Waals surface area contributed by atoms with Gasteiger partial charge < -0.3 is 29.3 Å². The summed E-state index contributed by atoms with van der Waals surface area (Å²) < 4.78 is 12.9. The number of likely N-dealkylation sites (tertiary alicyclic amines) is 1. The molecule has 3 fully saturated rings. The Kier molecular flexibility index (Phi) is 11.2. The third-order valence-electron chi connectivity index (χ3n) is 9.89. The third kappa shape index (κ3) is 6.60. The average molecular weight is 723 g/mol. The summed E-state index contributed by atoms with van der Waals surface area (Å²) in [7, 11) is 1.68. The van der Waals surface area contributed by atoms with Gasteiger partial charge >= 0.3 is 5.97 Å². The highest BCUT2D eigenvalue weighted by atomic mass is 79.9. The van der Waals surface area contributed by atoms with E-state index in [4.69, 9.17) is 9.47 Å². The first-order chi connectivity index (χ1) is 23.1. The molecule has 0 radical (unpaired) electrons. The third-order valence-corrected chi connectivity index (χ3v) is 10.7. The number of hydrogen-bond donors (Lipinski definition) is 1. The number of amides is 3. The van der Waals surface area contributed by atoms with Crippen molar-refractivity contribution in [1.29, 1.82) is 0 Å². The van der Waals surface area contributed by atoms with Crippen molar-refractivity contribution >= 4 is 39.6 Å². The van der Waals surface area contributed by atoms with Crippen LogP contribution in [0.25, 0.3) is 0 Å². The van der Waals surface area contributed by atoms with Crippen molar-refractivity contribution in [2.75, 3.05) is 26.7 Å². The molecule has 10 nitrogen and oxygen atoms in total. The van der Waals surface area contributed by atoms with Gasteiger partial charge in [0.25, 0.3) is 0 Å². The predicted molar refractivity (Wildman–Crippen MR) is 183 cm³/mol. The number of halogens is 1. The van der Waals surface area contributed by atoms with Crippen molar-refractivity contribution in [3.63, 3.8) is 0 Å². The van der Waals surface area contributed by atoms with Gasteiger partial charge in [-0.1, -0.05) is 88.7 Å². The van der Waals surface area contributed by atoms with E-state index < -0.39 is 53.6 Å². The van der Waals surface area contributed by atoms with Gasteiger partial charge in [0.15, 0.2) is 0 Å². The first-order valence-electron chi connectivity index (χ1n) is 16.4. The SMILES string of the molecule is C=CCCC(=O)N(C)[C@@H](C)[C@@H](OC(=O)[C@H]1[C@@H]2O[C@@]3(CC2Br)[C@@H]1C(=O)N(CCO)[C@@H]3C(=O)N(CC=C)Cc1ccccc1)c1ccccc1. The Bertz CT molecular complexity index is 1510. The second-order valence-electron chi connectivity index (χ2n) is 12.8. The van der Waals surface area contributed by atoms with Crippen molar-refractivity contribution in [1.82, 2.24) is 14.7 Å². The number of ether oxygens (including phenoxy) is 2. The number of hydrogen-bond acceptors (Lipinski definition) is 7. The molecule has 2 aromatic carbocycles. The average Bonchev–Trinajstić information content (AvgIpc) is 3.69. The molecule has 11 heteroatoms. The summed E-state index contributed by atoms with van der Waals surface area (Å²) in [5, 5.41) is 10.0. The van der Waals surface area contributed by atoms with Crippen LogP contribution >= 0.6 is 15.9 Å². The van der Waals surface area contributed by atoms with E-state index in [9.17, 15) is 24.3 Å². The molecule has 256 valence electrons. The van der Waals surface area contributed by atoms with Crippen molar-refractivity contribution in [3.8, 4) is 0 Å². The molecule has 3 heterocycles. The number of fused-ring (bicyclic) bond motifs is 1. The zero-order valence-corrected chi connectivity index (χ0v) is 29.0. The summed E-state index contributed by atoms with van der Waals surface area (Å²) in [6.07, 6.45) is 2.87. The van der Waals surface area contributed by atoms with E-state index in [-0.39, 0.29) is 49.3 Å². The Morgan fingerprint density at radius 1 is 1.12 bits per heavy atom. The highest BCUT2D eigenvalue weighted by Crippen LogP contribution is 2.60. The van der Waals surface area contributed by atoms with Crippen molar-refractivity contribution in [2.45, 2.75) is 67.5 Å². The van der Waals surface area contributed by atoms with E-state index in [0.717, 1.165) is 5.56 Å². The van der Waals surface area contributed by atoms with Gasteiger partial charge in [0.1, 0.15) is 17.7 Å². The van der Waals surface area contributed by atoms with Gasteiger partial charge in [-0.05, 0) is 30.9 Å². The van der Waals surface area contributed by atoms with Crippen molar-refractivity contribution < 1.29 is 33.8 Å². The molecule has 1 unspecified atom stereocenters. The standard InChI is InChI=1S/C37H44BrN3O7/c1-5-7-18-28(43)39(4)24(3)31(26-16-12-9-13-17-26)47-36(46)29-30-34(44)41(20-21-42)33(37(30)22-27(38)32(29)48-37)35(45)40(19-6-2)23-25-14-10-8-11-15-25/h5-6,8-17,24,27,29-33,42H,1-2,7,18-23H2,3-4H3/t24-,27?,29+,30-,31+,32+,33+,37-/m0/s1. The second-order valence-corrected chi connectivity index (χ2v) is 13.9. The molecule has 1 spiro atoms. The van der Waals surface area contributed by atoms with Crippen molar-refractivity contribution in [2.24, 2.45) is 11.8 Å². The molecule has 2 aromatic rings. The summed E-state index contributed by atoms with van der Waals surface area (Å²) in [6.45, 7) is 9.42. The summed E-state index contributed by atoms with van der Waals surface area (Å²) in [5.41, 5.74) is 0.294. The van der Waals surface area contributed by atoms with Crippen LogP contribution in [0, 0.1) is 11.8 Å². The van der Waals surface area contributed by atoms with E-state index in [1.807, 2.05) is 67.6 Å². The van der Waals surface area contributed by atoms with Gasteiger partial charge in [-0.2, -0.15) is 0 Å². The number of allylic oxidation sites excluding steroid dienone is 1. The maximum Gasteiger partial charge on any atom is 0.313 e. The number of likely N-dealkylation sites (N-methyl/N-ethyl adjacent to an activating group) is 1. The Hall–Kier alpha value is -3.80. The fourth-order valence-electron chi connectivity index (χ4n) is 7.51. The van der Waals surface area contributed by atoms with Crippen LogP contribution in [0.2, 0.25) is 0 Å². The quantitative estimate of drug-likeness (QED) is 0.168. The first kappa shape index (κ1) is 35.5. The van der Waals surface area contributed by atoms with Gasteiger partial charge in [-0.25, -0.2) is 0 Å². The van der Waals surface area contributed by atoms with Crippen LogP contribution in [0.4, 0.5) is 0 Å². The van der Waals surface area contributed by atoms with Crippen LogP contribution < -0.4 is 0 Å². The summed E-state index contributed by atoms with van der Waals surface area (Å²) in [6, 6.07) is 17.1. The first-order valence-corrected chi connectivity index (χ1v) is 17.3. The Labute approximate surface area is 290 Å². The molecule has 2 bridgehead atoms. The number of benzene rings is 2. The second kappa shape index (κ2) is 15.2. The minimum atomic E-state index is -1.31. The molecule has 5 rings (SSSR count). The van der Waals surface area contributed by atoms with Gasteiger partial charge in [0.05, 0.1) is 30.6 Å². The number of aliphatic hydroxyl groups is 1. The molecule has 0 aliphatic carbocycles. The molecule has 3 aliphatic heterocycles. The number of alkyl halides is 1. The van der Waals surface area contributed by atoms with Gasteiger partial charge in [0, 0.05) is 37.9 Å². The van der Waals surface area contributed by atoms with Crippen LogP contribution in [-0.4, -0.2) is 98.9 Å². The molecule has 3 amide bonds. The van der Waals surface area contributed by atoms with E-state index in [2.05, 4.69) is 29.1 Å². The minimum absolute atomic E-state index is 0.0925. The van der Waals surface area contributed by atoms with Crippen LogP contribution in [-0.2, 0) is 35.2 Å².